The number of hydrogen-bond acceptors (Lipinski definition) is 20. The molecule has 30 heteroatoms. The Labute approximate surface area is 497 Å². The zero-order valence-electron chi connectivity index (χ0n) is 43.8. The lowest BCUT2D eigenvalue weighted by molar-refractivity contribution is 0.636. The number of nitrogen functional groups attached to an aromatic ring is 4. The van der Waals surface area contributed by atoms with Gasteiger partial charge in [-0.15, -0.1) is 23.5 Å². The van der Waals surface area contributed by atoms with Gasteiger partial charge in [0.2, 0.25) is 23.8 Å². The fourth-order valence-corrected chi connectivity index (χ4v) is 6.52. The van der Waals surface area contributed by atoms with Crippen molar-refractivity contribution in [3.8, 4) is 53.2 Å². The summed E-state index contributed by atoms with van der Waals surface area (Å²) in [7, 11) is -1.10. The average molecular weight is 1200 g/mol. The van der Waals surface area contributed by atoms with Crippen LogP contribution in [0.3, 0.4) is 0 Å². The van der Waals surface area contributed by atoms with E-state index < -0.39 is 8.07 Å². The first-order valence-corrected chi connectivity index (χ1v) is 28.3. The molecule has 8 N–H and O–H groups in total. The maximum Gasteiger partial charge on any atom is 0.223 e. The van der Waals surface area contributed by atoms with Crippen LogP contribution in [0, 0.1) is 24.3 Å². The molecule has 0 unspecified atom stereocenters. The largest absolute Gasteiger partial charge is 0.368 e. The lowest BCUT2D eigenvalue weighted by Crippen LogP contribution is -2.15. The smallest absolute Gasteiger partial charge is 0.223 e. The van der Waals surface area contributed by atoms with Crippen molar-refractivity contribution in [1.82, 2.24) is 94.2 Å². The van der Waals surface area contributed by atoms with Gasteiger partial charge in [-0.25, -0.2) is 43.6 Å². The van der Waals surface area contributed by atoms with Crippen LogP contribution in [0.25, 0.3) is 39.3 Å². The second-order valence-electron chi connectivity index (χ2n) is 16.7. The molecule has 0 amide bonds. The van der Waals surface area contributed by atoms with Crippen molar-refractivity contribution in [3.05, 3.63) is 177 Å². The van der Waals surface area contributed by atoms with Gasteiger partial charge in [-0.3, -0.25) is 9.97 Å². The summed E-state index contributed by atoms with van der Waals surface area (Å²) in [5.41, 5.74) is 38.2. The molecule has 0 atom stereocenters. The van der Waals surface area contributed by atoms with E-state index in [1.54, 1.807) is 86.2 Å². The molecule has 0 aliphatic rings. The maximum atomic E-state index is 8.08. The van der Waals surface area contributed by atoms with Crippen molar-refractivity contribution in [1.29, 1.82) is 0 Å². The lowest BCUT2D eigenvalue weighted by Gasteiger charge is -2.04. The van der Waals surface area contributed by atoms with E-state index in [2.05, 4.69) is 124 Å². The van der Waals surface area contributed by atoms with Crippen LogP contribution in [-0.4, -0.2) is 102 Å². The normalized spacial score (nSPS) is 9.76. The fraction of sp³-hybridized carbons (Fsp3) is 0.226. The van der Waals surface area contributed by atoms with Gasteiger partial charge in [0.15, 0.2) is 17.5 Å². The Morgan fingerprint density at radius 3 is 1.45 bits per heavy atom. The van der Waals surface area contributed by atoms with Crippen LogP contribution in [0.15, 0.2) is 127 Å². The first-order chi connectivity index (χ1) is 38.4. The van der Waals surface area contributed by atoms with Gasteiger partial charge in [-0.2, -0.15) is 30.2 Å². The number of aromatic nitrogens is 19. The molecule has 0 saturated carbocycles. The predicted molar refractivity (Wildman–Crippen MR) is 331 cm³/mol. The molecule has 0 fully saturated rings. The molecule has 0 aliphatic heterocycles. The molecule has 26 nitrogen and oxygen atoms in total. The van der Waals surface area contributed by atoms with Crippen LogP contribution in [0.5, 0.6) is 0 Å². The van der Waals surface area contributed by atoms with E-state index in [0.717, 1.165) is 35.6 Å². The summed E-state index contributed by atoms with van der Waals surface area (Å²) >= 11 is 16.6. The molecule has 10 aromatic heterocycles. The molecule has 83 heavy (non-hydrogen) atoms. The van der Waals surface area contributed by atoms with Crippen molar-refractivity contribution in [2.75, 3.05) is 22.9 Å². The summed E-state index contributed by atoms with van der Waals surface area (Å²) in [6, 6.07) is 23.5. The van der Waals surface area contributed by atoms with Gasteiger partial charge in [0.1, 0.15) is 34.9 Å². The predicted octanol–water partition coefficient (Wildman–Crippen LogP) is 9.86. The van der Waals surface area contributed by atoms with Crippen LogP contribution in [0.4, 0.5) is 23.8 Å². The SMILES string of the molecule is C.C.C.C#C[Si](C)(C)C.C#Cc1cc(-n2cccn2)nc(N)n1.CCc1cccc(CN=[N+]=[N-])n1.CCc1cccc(Cn2cc(-c3cc(-n4cccn4)nc(N)n3)nn2)n1.Nc1nc(Cl)cc(-n2cccn2)n1.Nc1nc(Cl)cc(Cl)n1. The Hall–Kier alpha value is -9.89. The molecular formula is C53H65Cl3N26Si. The Bertz CT molecular complexity index is 3590. The van der Waals surface area contributed by atoms with Crippen molar-refractivity contribution in [2.45, 2.75) is 81.7 Å². The number of azide groups is 1. The number of halogens is 3. The number of aryl methyl sites for hydroxylation is 2. The molecule has 10 heterocycles. The standard InChI is InChI=1S/C17H17N9.C9H7N5.C8H10N4.C7H6ClN5.C5H10Si.C4H3Cl2N3.3CH4/c1-2-12-5-3-6-13(20-12)10-25-11-15(23-24-25)14-9-16(22-17(18)21-14)26-8-4-7-19-26;1-2-7-6-8(13-9(10)12-7)14-5-3-4-11-14;1-2-7-4-3-5-8(11-7)6-10-12-9;8-5-4-6(12-7(9)11-5)13-3-1-2-10-13;1-5-6(2,3)4;5-2-1-3(6)9-4(7)8-2;;;/h3-9,11H,2,10H2,1H3,(H2,18,21,22);1,3-6H,(H2,10,12,13);3-5H,2,6H2,1H3;1-4H,(H2,9,11,12);1H,2-4H3;1H,(H2,7,8,9);3*1H4. The molecule has 0 saturated heterocycles. The highest BCUT2D eigenvalue weighted by molar-refractivity contribution is 6.83. The lowest BCUT2D eigenvalue weighted by atomic mass is 10.2. The summed E-state index contributed by atoms with van der Waals surface area (Å²) in [6.45, 7) is 11.4. The maximum absolute atomic E-state index is 8.08. The van der Waals surface area contributed by atoms with E-state index in [-0.39, 0.29) is 56.4 Å². The molecule has 432 valence electrons. The molecule has 0 bridgehead atoms. The molecule has 10 rings (SSSR count). The summed E-state index contributed by atoms with van der Waals surface area (Å²) in [5, 5.41) is 24.8. The Kier molecular flexibility index (Phi) is 29.2. The van der Waals surface area contributed by atoms with E-state index >= 15 is 0 Å². The Morgan fingerprint density at radius 2 is 1.00 bits per heavy atom. The summed E-state index contributed by atoms with van der Waals surface area (Å²) in [6.07, 6.45) is 24.2. The van der Waals surface area contributed by atoms with Crippen LogP contribution >= 0.6 is 34.8 Å². The third-order valence-electron chi connectivity index (χ3n) is 9.51. The van der Waals surface area contributed by atoms with E-state index in [1.807, 2.05) is 55.6 Å². The van der Waals surface area contributed by atoms with Gasteiger partial charge in [-0.1, -0.05) is 113 Å². The van der Waals surface area contributed by atoms with Gasteiger partial charge in [-0.05, 0) is 66.8 Å². The molecule has 0 spiro atoms. The number of anilines is 4. The number of terminal acetylenes is 2. The minimum atomic E-state index is -1.10. The topological polar surface area (TPSA) is 366 Å². The summed E-state index contributed by atoms with van der Waals surface area (Å²) in [4.78, 5) is 42.7. The van der Waals surface area contributed by atoms with Crippen molar-refractivity contribution in [2.24, 2.45) is 5.11 Å². The number of nitrogens with zero attached hydrogens (tertiary/aromatic N) is 22. The zero-order chi connectivity index (χ0) is 58.0. The quantitative estimate of drug-likeness (QED) is 0.0247. The second kappa shape index (κ2) is 35.0. The first kappa shape index (κ1) is 69.2. The number of rotatable bonds is 10. The van der Waals surface area contributed by atoms with Crippen LogP contribution in [0.1, 0.15) is 64.6 Å². The molecule has 0 aliphatic carbocycles. The van der Waals surface area contributed by atoms with Crippen molar-refractivity contribution in [3.63, 3.8) is 0 Å². The molecule has 10 aromatic rings. The van der Waals surface area contributed by atoms with Crippen LogP contribution in [0.2, 0.25) is 35.1 Å². The van der Waals surface area contributed by atoms with Crippen LogP contribution < -0.4 is 22.9 Å². The minimum Gasteiger partial charge on any atom is -0.368 e. The highest BCUT2D eigenvalue weighted by atomic mass is 35.5. The van der Waals surface area contributed by atoms with Gasteiger partial charge >= 0.3 is 0 Å². The number of hydrogen-bond donors (Lipinski definition) is 4. The van der Waals surface area contributed by atoms with Gasteiger partial charge in [0.25, 0.3) is 0 Å². The van der Waals surface area contributed by atoms with E-state index in [0.29, 0.717) is 52.8 Å². The van der Waals surface area contributed by atoms with Crippen molar-refractivity contribution < 1.29 is 0 Å². The van der Waals surface area contributed by atoms with Crippen molar-refractivity contribution >= 4 is 66.7 Å². The fourth-order valence-electron chi connectivity index (χ4n) is 5.90. The van der Waals surface area contributed by atoms with Crippen LogP contribution in [-0.2, 0) is 25.9 Å². The van der Waals surface area contributed by atoms with E-state index in [9.17, 15) is 0 Å². The molecule has 0 aromatic carbocycles. The Balaban J connectivity index is 0.000000359. The third-order valence-corrected chi connectivity index (χ3v) is 11.0. The van der Waals surface area contributed by atoms with Gasteiger partial charge < -0.3 is 22.9 Å². The first-order valence-electron chi connectivity index (χ1n) is 23.7. The molecule has 0 radical (unpaired) electrons. The average Bonchev–Trinajstić information content (AvgIpc) is 4.34. The number of pyridine rings is 2. The second-order valence-corrected chi connectivity index (χ2v) is 22.7. The highest BCUT2D eigenvalue weighted by Crippen LogP contribution is 2.18. The summed E-state index contributed by atoms with van der Waals surface area (Å²) < 4.78 is 6.47. The third kappa shape index (κ3) is 24.2. The zero-order valence-corrected chi connectivity index (χ0v) is 47.1. The minimum absolute atomic E-state index is 0. The van der Waals surface area contributed by atoms with E-state index in [1.165, 1.54) is 6.07 Å². The van der Waals surface area contributed by atoms with Gasteiger partial charge in [0.05, 0.1) is 30.7 Å². The summed E-state index contributed by atoms with van der Waals surface area (Å²) in [5.74, 6) is 4.62. The Morgan fingerprint density at radius 1 is 0.566 bits per heavy atom. The number of nitrogens with two attached hydrogens (primary N) is 4. The van der Waals surface area contributed by atoms with Gasteiger partial charge in [0, 0.05) is 83.4 Å². The highest BCUT2D eigenvalue weighted by Gasteiger charge is 2.12. The van der Waals surface area contributed by atoms with E-state index in [4.69, 9.17) is 76.1 Å². The monoisotopic (exact) mass is 1200 g/mol. The molecular weight excluding hydrogens is 1140 g/mol.